The van der Waals surface area contributed by atoms with Gasteiger partial charge in [-0.25, -0.2) is 4.79 Å². The Hall–Kier alpha value is -1.39. The van der Waals surface area contributed by atoms with Crippen molar-refractivity contribution < 1.29 is 19.9 Å². The molecule has 0 rings (SSSR count). The van der Waals surface area contributed by atoms with E-state index in [1.807, 2.05) is 0 Å². The zero-order valence-corrected chi connectivity index (χ0v) is 6.94. The summed E-state index contributed by atoms with van der Waals surface area (Å²) >= 11 is 0. The van der Waals surface area contributed by atoms with E-state index in [1.54, 1.807) is 6.92 Å². The van der Waals surface area contributed by atoms with E-state index in [0.717, 1.165) is 0 Å². The average Bonchev–Trinajstić information content (AvgIpc) is 2.05. The third kappa shape index (κ3) is 2.34. The Kier molecular flexibility index (Phi) is 3.96. The lowest BCUT2D eigenvalue weighted by Crippen LogP contribution is -2.27. The summed E-state index contributed by atoms with van der Waals surface area (Å²) in [5.74, 6) is -3.31. The molecule has 1 atom stereocenters. The fraction of sp³-hybridized carbons (Fsp3) is 0.571. The van der Waals surface area contributed by atoms with Crippen molar-refractivity contribution in [3.8, 4) is 0 Å². The van der Waals surface area contributed by atoms with E-state index < -0.39 is 17.7 Å². The number of aliphatic carboxylic acids is 1. The van der Waals surface area contributed by atoms with Gasteiger partial charge in [-0.2, -0.15) is 0 Å². The van der Waals surface area contributed by atoms with E-state index in [0.29, 0.717) is 6.42 Å². The maximum atomic E-state index is 10.8. The molecular formula is C7H11NO4. The summed E-state index contributed by atoms with van der Waals surface area (Å²) in [6.07, 6.45) is 0.358. The van der Waals surface area contributed by atoms with Crippen LogP contribution in [0.2, 0.25) is 0 Å². The van der Waals surface area contributed by atoms with Gasteiger partial charge in [0.2, 0.25) is 5.78 Å². The molecule has 0 spiro atoms. The summed E-state index contributed by atoms with van der Waals surface area (Å²) in [6, 6.07) is 0. The van der Waals surface area contributed by atoms with Crippen LogP contribution in [0.25, 0.3) is 0 Å². The van der Waals surface area contributed by atoms with Gasteiger partial charge < -0.3 is 10.3 Å². The molecule has 0 aliphatic heterocycles. The molecule has 0 amide bonds. The summed E-state index contributed by atoms with van der Waals surface area (Å²) in [6.45, 7) is 3.08. The van der Waals surface area contributed by atoms with Crippen LogP contribution >= 0.6 is 0 Å². The van der Waals surface area contributed by atoms with Gasteiger partial charge in [-0.1, -0.05) is 12.1 Å². The summed E-state index contributed by atoms with van der Waals surface area (Å²) < 4.78 is 0. The van der Waals surface area contributed by atoms with Crippen LogP contribution in [-0.4, -0.2) is 27.8 Å². The molecule has 1 unspecified atom stereocenters. The molecule has 0 fully saturated rings. The maximum absolute atomic E-state index is 10.8. The number of hydrogen-bond acceptors (Lipinski definition) is 4. The Bertz CT molecular complexity index is 219. The quantitative estimate of drug-likeness (QED) is 0.281. The average molecular weight is 173 g/mol. The van der Waals surface area contributed by atoms with Crippen LogP contribution in [0.15, 0.2) is 5.16 Å². The highest BCUT2D eigenvalue weighted by molar-refractivity contribution is 6.37. The highest BCUT2D eigenvalue weighted by atomic mass is 16.4. The monoisotopic (exact) mass is 173 g/mol. The first-order valence-electron chi connectivity index (χ1n) is 3.52. The Labute approximate surface area is 69.7 Å². The summed E-state index contributed by atoms with van der Waals surface area (Å²) in [7, 11) is 0. The van der Waals surface area contributed by atoms with Gasteiger partial charge in [0.05, 0.1) is 11.6 Å². The second-order valence-corrected chi connectivity index (χ2v) is 2.34. The Morgan fingerprint density at radius 3 is 2.25 bits per heavy atom. The molecule has 5 heteroatoms. The van der Waals surface area contributed by atoms with Crippen molar-refractivity contribution in [1.82, 2.24) is 0 Å². The molecule has 0 heterocycles. The molecule has 0 aliphatic rings. The first-order chi connectivity index (χ1) is 5.54. The minimum Gasteiger partial charge on any atom is -0.475 e. The van der Waals surface area contributed by atoms with Gasteiger partial charge >= 0.3 is 5.97 Å². The van der Waals surface area contributed by atoms with Crippen molar-refractivity contribution in [1.29, 1.82) is 0 Å². The van der Waals surface area contributed by atoms with E-state index >= 15 is 0 Å². The Morgan fingerprint density at radius 1 is 1.50 bits per heavy atom. The van der Waals surface area contributed by atoms with Gasteiger partial charge in [0.15, 0.2) is 0 Å². The number of ketones is 1. The molecule has 0 bridgehead atoms. The van der Waals surface area contributed by atoms with E-state index in [2.05, 4.69) is 5.16 Å². The molecule has 5 nitrogen and oxygen atoms in total. The molecule has 0 aromatic carbocycles. The lowest BCUT2D eigenvalue weighted by Gasteiger charge is -2.06. The molecule has 0 radical (unpaired) electrons. The number of carboxylic acid groups (broad SMARTS) is 1. The number of Topliss-reactive ketones (excluding diaryl/α,β-unsaturated/α-hetero) is 1. The molecule has 0 saturated heterocycles. The lowest BCUT2D eigenvalue weighted by molar-refractivity contribution is -0.149. The van der Waals surface area contributed by atoms with Gasteiger partial charge in [0, 0.05) is 0 Å². The van der Waals surface area contributed by atoms with Crippen molar-refractivity contribution >= 4 is 17.5 Å². The number of carbonyl (C=O) groups is 2. The SMILES string of the molecule is CCC(=NO)C(C)C(=O)C(=O)O. The number of oxime groups is 1. The zero-order valence-electron chi connectivity index (χ0n) is 6.94. The van der Waals surface area contributed by atoms with Crippen molar-refractivity contribution in [2.75, 3.05) is 0 Å². The van der Waals surface area contributed by atoms with E-state index in [-0.39, 0.29) is 5.71 Å². The zero-order chi connectivity index (χ0) is 9.72. The summed E-state index contributed by atoms with van der Waals surface area (Å²) in [5, 5.41) is 19.5. The van der Waals surface area contributed by atoms with Crippen LogP contribution in [0.4, 0.5) is 0 Å². The van der Waals surface area contributed by atoms with E-state index in [4.69, 9.17) is 10.3 Å². The molecular weight excluding hydrogens is 162 g/mol. The number of hydrogen-bond donors (Lipinski definition) is 2. The first-order valence-corrected chi connectivity index (χ1v) is 3.52. The Morgan fingerprint density at radius 2 is 2.00 bits per heavy atom. The second kappa shape index (κ2) is 4.48. The van der Waals surface area contributed by atoms with Crippen molar-refractivity contribution in [2.45, 2.75) is 20.3 Å². The minimum absolute atomic E-state index is 0.183. The third-order valence-corrected chi connectivity index (χ3v) is 1.59. The molecule has 0 saturated carbocycles. The number of carbonyl (C=O) groups excluding carboxylic acids is 1. The second-order valence-electron chi connectivity index (χ2n) is 2.34. The standard InChI is InChI=1S/C7H11NO4/c1-3-5(8-12)4(2)6(9)7(10)11/h4,12H,3H2,1-2H3,(H,10,11). The highest BCUT2D eigenvalue weighted by Crippen LogP contribution is 2.04. The summed E-state index contributed by atoms with van der Waals surface area (Å²) in [5.41, 5.74) is 0.183. The van der Waals surface area contributed by atoms with Crippen molar-refractivity contribution in [2.24, 2.45) is 11.1 Å². The topological polar surface area (TPSA) is 87.0 Å². The molecule has 68 valence electrons. The van der Waals surface area contributed by atoms with Crippen LogP contribution in [0.3, 0.4) is 0 Å². The largest absolute Gasteiger partial charge is 0.475 e. The highest BCUT2D eigenvalue weighted by Gasteiger charge is 2.24. The Balaban J connectivity index is 4.48. The fourth-order valence-corrected chi connectivity index (χ4v) is 0.800. The lowest BCUT2D eigenvalue weighted by atomic mass is 9.99. The van der Waals surface area contributed by atoms with Gasteiger partial charge in [-0.05, 0) is 13.3 Å². The summed E-state index contributed by atoms with van der Waals surface area (Å²) in [4.78, 5) is 21.0. The van der Waals surface area contributed by atoms with E-state index in [9.17, 15) is 9.59 Å². The van der Waals surface area contributed by atoms with Crippen LogP contribution in [0, 0.1) is 5.92 Å². The van der Waals surface area contributed by atoms with Gasteiger partial charge in [0.25, 0.3) is 0 Å². The molecule has 0 aromatic heterocycles. The number of rotatable bonds is 4. The first kappa shape index (κ1) is 10.6. The van der Waals surface area contributed by atoms with Crippen LogP contribution in [-0.2, 0) is 9.59 Å². The fourth-order valence-electron chi connectivity index (χ4n) is 0.800. The molecule has 2 N–H and O–H groups in total. The number of carboxylic acids is 1. The molecule has 12 heavy (non-hydrogen) atoms. The molecule has 0 aliphatic carbocycles. The van der Waals surface area contributed by atoms with Crippen molar-refractivity contribution in [3.63, 3.8) is 0 Å². The number of nitrogens with zero attached hydrogens (tertiary/aromatic N) is 1. The van der Waals surface area contributed by atoms with Gasteiger partial charge in [0.1, 0.15) is 0 Å². The van der Waals surface area contributed by atoms with Crippen molar-refractivity contribution in [3.05, 3.63) is 0 Å². The van der Waals surface area contributed by atoms with Gasteiger partial charge in [-0.3, -0.25) is 4.79 Å². The maximum Gasteiger partial charge on any atom is 0.372 e. The van der Waals surface area contributed by atoms with Crippen LogP contribution < -0.4 is 0 Å². The van der Waals surface area contributed by atoms with Crippen LogP contribution in [0.5, 0.6) is 0 Å². The molecule has 0 aromatic rings. The van der Waals surface area contributed by atoms with Crippen LogP contribution in [0.1, 0.15) is 20.3 Å². The third-order valence-electron chi connectivity index (χ3n) is 1.59. The van der Waals surface area contributed by atoms with Gasteiger partial charge in [-0.15, -0.1) is 0 Å². The normalized spacial score (nSPS) is 14.0. The smallest absolute Gasteiger partial charge is 0.372 e. The minimum atomic E-state index is -1.50. The predicted octanol–water partition coefficient (Wildman–Crippen LogP) is 0.516. The van der Waals surface area contributed by atoms with E-state index in [1.165, 1.54) is 6.92 Å². The predicted molar refractivity (Wildman–Crippen MR) is 41.3 cm³/mol.